The van der Waals surface area contributed by atoms with E-state index in [0.29, 0.717) is 10.6 Å². The van der Waals surface area contributed by atoms with Gasteiger partial charge in [-0.15, -0.1) is 0 Å². The molecule has 1 aromatic heterocycles. The summed E-state index contributed by atoms with van der Waals surface area (Å²) >= 11 is 5.78. The van der Waals surface area contributed by atoms with Crippen molar-refractivity contribution in [3.63, 3.8) is 0 Å². The molecule has 0 bridgehead atoms. The third-order valence-corrected chi connectivity index (χ3v) is 4.55. The minimum atomic E-state index is -3.89. The fourth-order valence-electron chi connectivity index (χ4n) is 1.51. The minimum absolute atomic E-state index is 0.0122. The Morgan fingerprint density at radius 2 is 1.86 bits per heavy atom. The van der Waals surface area contributed by atoms with Crippen LogP contribution in [0.4, 0.5) is 5.88 Å². The number of hydrogen-bond donors (Lipinski definition) is 2. The van der Waals surface area contributed by atoms with E-state index in [1.165, 1.54) is 13.8 Å². The molecule has 1 aromatic carbocycles. The highest BCUT2D eigenvalue weighted by Gasteiger charge is 2.27. The zero-order valence-electron chi connectivity index (χ0n) is 11.3. The van der Waals surface area contributed by atoms with Crippen LogP contribution in [0.25, 0.3) is 11.3 Å². The van der Waals surface area contributed by atoms with Crippen molar-refractivity contribution >= 4 is 27.6 Å². The Morgan fingerprint density at radius 3 is 2.38 bits per heavy atom. The number of halogens is 1. The van der Waals surface area contributed by atoms with E-state index >= 15 is 0 Å². The highest BCUT2D eigenvalue weighted by atomic mass is 35.5. The van der Waals surface area contributed by atoms with E-state index in [1.54, 1.807) is 24.3 Å². The topological polar surface area (TPSA) is 103 Å². The SMILES string of the molecule is CC(C)S(=O)(=O)Oc1c(N)oc(-c2ccc(Cl)cc2)c1O. The summed E-state index contributed by atoms with van der Waals surface area (Å²) in [6, 6.07) is 6.39. The van der Waals surface area contributed by atoms with Crippen molar-refractivity contribution in [1.82, 2.24) is 0 Å². The van der Waals surface area contributed by atoms with E-state index in [9.17, 15) is 13.5 Å². The molecule has 2 aromatic rings. The lowest BCUT2D eigenvalue weighted by atomic mass is 10.1. The van der Waals surface area contributed by atoms with Crippen molar-refractivity contribution in [3.8, 4) is 22.8 Å². The molecule has 0 aliphatic rings. The van der Waals surface area contributed by atoms with Crippen LogP contribution >= 0.6 is 11.6 Å². The standard InChI is InChI=1S/C13H14ClNO5S/c1-7(2)21(17,18)20-12-10(16)11(19-13(12)15)8-3-5-9(14)6-4-8/h3-7,16H,15H2,1-2H3. The highest BCUT2D eigenvalue weighted by molar-refractivity contribution is 7.87. The number of nitrogen functional groups attached to an aromatic ring is 1. The van der Waals surface area contributed by atoms with Crippen LogP contribution in [0.1, 0.15) is 13.8 Å². The summed E-state index contributed by atoms with van der Waals surface area (Å²) in [6.45, 7) is 2.89. The van der Waals surface area contributed by atoms with Gasteiger partial charge in [0.2, 0.25) is 17.4 Å². The van der Waals surface area contributed by atoms with Crippen LogP contribution in [0.3, 0.4) is 0 Å². The molecule has 21 heavy (non-hydrogen) atoms. The van der Waals surface area contributed by atoms with Crippen LogP contribution in [0, 0.1) is 0 Å². The second-order valence-electron chi connectivity index (χ2n) is 4.60. The normalized spacial score (nSPS) is 11.8. The van der Waals surface area contributed by atoms with Gasteiger partial charge in [0.25, 0.3) is 0 Å². The molecule has 0 aliphatic carbocycles. The Balaban J connectivity index is 2.45. The second-order valence-corrected chi connectivity index (χ2v) is 7.14. The first-order chi connectivity index (χ1) is 9.72. The third kappa shape index (κ3) is 3.08. The zero-order chi connectivity index (χ0) is 15.8. The molecule has 0 atom stereocenters. The van der Waals surface area contributed by atoms with E-state index in [4.69, 9.17) is 25.9 Å². The maximum absolute atomic E-state index is 11.7. The number of furan rings is 1. The second kappa shape index (κ2) is 5.50. The van der Waals surface area contributed by atoms with Gasteiger partial charge in [-0.25, -0.2) is 0 Å². The first-order valence-electron chi connectivity index (χ1n) is 6.03. The molecular weight excluding hydrogens is 318 g/mol. The van der Waals surface area contributed by atoms with Gasteiger partial charge in [-0.1, -0.05) is 11.6 Å². The molecular formula is C13H14ClNO5S. The lowest BCUT2D eigenvalue weighted by molar-refractivity contribution is 0.429. The Hall–Kier alpha value is -1.86. The van der Waals surface area contributed by atoms with Gasteiger partial charge >= 0.3 is 10.1 Å². The minimum Gasteiger partial charge on any atom is -0.501 e. The van der Waals surface area contributed by atoms with E-state index in [-0.39, 0.29) is 11.6 Å². The summed E-state index contributed by atoms with van der Waals surface area (Å²) in [5.74, 6) is -1.19. The molecule has 0 saturated carbocycles. The predicted octanol–water partition coefficient (Wildman–Crippen LogP) is 3.00. The van der Waals surface area contributed by atoms with Crippen molar-refractivity contribution < 1.29 is 22.1 Å². The molecule has 8 heteroatoms. The van der Waals surface area contributed by atoms with Gasteiger partial charge in [0.05, 0.1) is 5.25 Å². The summed E-state index contributed by atoms with van der Waals surface area (Å²) in [4.78, 5) is 0. The Kier molecular flexibility index (Phi) is 4.06. The van der Waals surface area contributed by atoms with E-state index in [1.807, 2.05) is 0 Å². The maximum atomic E-state index is 11.7. The highest BCUT2D eigenvalue weighted by Crippen LogP contribution is 2.45. The van der Waals surface area contributed by atoms with Crippen LogP contribution in [0.2, 0.25) is 5.02 Å². The van der Waals surface area contributed by atoms with Gasteiger partial charge in [-0.3, -0.25) is 0 Å². The van der Waals surface area contributed by atoms with Gasteiger partial charge < -0.3 is 19.4 Å². The van der Waals surface area contributed by atoms with Crippen molar-refractivity contribution in [2.75, 3.05) is 5.73 Å². The summed E-state index contributed by atoms with van der Waals surface area (Å²) in [5, 5.41) is 9.81. The first-order valence-corrected chi connectivity index (χ1v) is 7.87. The lowest BCUT2D eigenvalue weighted by Crippen LogP contribution is -2.20. The first kappa shape index (κ1) is 15.5. The molecule has 2 rings (SSSR count). The summed E-state index contributed by atoms with van der Waals surface area (Å²) in [7, 11) is -3.89. The Labute approximate surface area is 127 Å². The van der Waals surface area contributed by atoms with Crippen molar-refractivity contribution in [1.29, 1.82) is 0 Å². The van der Waals surface area contributed by atoms with Crippen LogP contribution < -0.4 is 9.92 Å². The number of benzene rings is 1. The van der Waals surface area contributed by atoms with E-state index < -0.39 is 26.9 Å². The van der Waals surface area contributed by atoms with Crippen LogP contribution in [0.5, 0.6) is 11.5 Å². The molecule has 3 N–H and O–H groups in total. The molecule has 0 saturated heterocycles. The molecule has 0 aliphatic heterocycles. The number of aromatic hydroxyl groups is 1. The largest absolute Gasteiger partial charge is 0.501 e. The third-order valence-electron chi connectivity index (χ3n) is 2.75. The van der Waals surface area contributed by atoms with Gasteiger partial charge in [0.1, 0.15) is 0 Å². The Bertz CT molecular complexity index is 750. The Morgan fingerprint density at radius 1 is 1.29 bits per heavy atom. The molecule has 0 spiro atoms. The fraction of sp³-hybridized carbons (Fsp3) is 0.231. The van der Waals surface area contributed by atoms with Gasteiger partial charge in [-0.2, -0.15) is 8.42 Å². The smallest absolute Gasteiger partial charge is 0.311 e. The number of nitrogens with two attached hydrogens (primary N) is 1. The van der Waals surface area contributed by atoms with Crippen molar-refractivity contribution in [3.05, 3.63) is 29.3 Å². The average molecular weight is 332 g/mol. The van der Waals surface area contributed by atoms with E-state index in [0.717, 1.165) is 0 Å². The molecule has 0 unspecified atom stereocenters. The quantitative estimate of drug-likeness (QED) is 0.835. The molecule has 0 amide bonds. The molecule has 1 heterocycles. The molecule has 6 nitrogen and oxygen atoms in total. The zero-order valence-corrected chi connectivity index (χ0v) is 12.9. The number of hydrogen-bond acceptors (Lipinski definition) is 6. The van der Waals surface area contributed by atoms with Crippen molar-refractivity contribution in [2.24, 2.45) is 0 Å². The summed E-state index contributed by atoms with van der Waals surface area (Å²) in [6.07, 6.45) is 0. The van der Waals surface area contributed by atoms with E-state index in [2.05, 4.69) is 0 Å². The summed E-state index contributed by atoms with van der Waals surface area (Å²) < 4.78 is 33.5. The number of anilines is 1. The van der Waals surface area contributed by atoms with Crippen molar-refractivity contribution in [2.45, 2.75) is 19.1 Å². The van der Waals surface area contributed by atoms with Gasteiger partial charge in [0, 0.05) is 10.6 Å². The fourth-order valence-corrected chi connectivity index (χ4v) is 2.23. The predicted molar refractivity (Wildman–Crippen MR) is 79.9 cm³/mol. The lowest BCUT2D eigenvalue weighted by Gasteiger charge is -2.08. The summed E-state index contributed by atoms with van der Waals surface area (Å²) in [5.41, 5.74) is 6.06. The monoisotopic (exact) mass is 331 g/mol. The number of rotatable bonds is 4. The molecule has 0 fully saturated rings. The van der Waals surface area contributed by atoms with Gasteiger partial charge in [0.15, 0.2) is 5.76 Å². The molecule has 114 valence electrons. The average Bonchev–Trinajstić information content (AvgIpc) is 2.67. The van der Waals surface area contributed by atoms with Gasteiger partial charge in [-0.05, 0) is 38.1 Å². The van der Waals surface area contributed by atoms with Crippen LogP contribution in [0.15, 0.2) is 28.7 Å². The maximum Gasteiger partial charge on any atom is 0.311 e. The van der Waals surface area contributed by atoms with Crippen LogP contribution in [-0.2, 0) is 10.1 Å². The van der Waals surface area contributed by atoms with Crippen LogP contribution in [-0.4, -0.2) is 18.8 Å². The molecule has 0 radical (unpaired) electrons.